The Morgan fingerprint density at radius 1 is 1.56 bits per heavy atom. The Bertz CT molecular complexity index is 99.2. The second kappa shape index (κ2) is 3.52. The molecule has 0 saturated carbocycles. The highest BCUT2D eigenvalue weighted by molar-refractivity contribution is 7.99. The third-order valence-corrected chi connectivity index (χ3v) is 2.71. The van der Waals surface area contributed by atoms with Crippen LogP contribution in [0.1, 0.15) is 20.3 Å². The number of aldehydes is 1. The van der Waals surface area contributed by atoms with Gasteiger partial charge in [0.05, 0.1) is 0 Å². The van der Waals surface area contributed by atoms with Gasteiger partial charge in [-0.3, -0.25) is 0 Å². The van der Waals surface area contributed by atoms with Gasteiger partial charge in [0.15, 0.2) is 0 Å². The Labute approximate surface area is 67.0 Å². The molecule has 0 radical (unpaired) electrons. The molecule has 0 aliphatic rings. The van der Waals surface area contributed by atoms with Crippen LogP contribution >= 0.6 is 25.3 Å². The highest BCUT2D eigenvalue weighted by atomic mass is 32.2. The van der Waals surface area contributed by atoms with Crippen LogP contribution in [0, 0.1) is 5.41 Å². The zero-order chi connectivity index (χ0) is 7.49. The molecule has 54 valence electrons. The molecule has 0 fully saturated rings. The lowest BCUT2D eigenvalue weighted by molar-refractivity contribution is -0.109. The maximum Gasteiger partial charge on any atom is 0.120 e. The van der Waals surface area contributed by atoms with E-state index in [0.29, 0.717) is 6.42 Å². The molecule has 0 N–H and O–H groups in total. The van der Waals surface area contributed by atoms with E-state index >= 15 is 0 Å². The molecule has 0 heterocycles. The summed E-state index contributed by atoms with van der Waals surface area (Å²) in [5, 5.41) is 0. The van der Waals surface area contributed by atoms with Gasteiger partial charge in [-0.05, 0) is 5.41 Å². The number of rotatable bonds is 3. The van der Waals surface area contributed by atoms with Gasteiger partial charge in [0.1, 0.15) is 6.29 Å². The van der Waals surface area contributed by atoms with Gasteiger partial charge < -0.3 is 4.79 Å². The first kappa shape index (κ1) is 9.37. The molecule has 0 aromatic heterocycles. The van der Waals surface area contributed by atoms with Gasteiger partial charge in [-0.2, -0.15) is 25.3 Å². The fraction of sp³-hybridized carbons (Fsp3) is 0.833. The number of hydrogen-bond acceptors (Lipinski definition) is 3. The quantitative estimate of drug-likeness (QED) is 0.369. The van der Waals surface area contributed by atoms with E-state index in [1.54, 1.807) is 0 Å². The molecule has 0 aromatic rings. The predicted octanol–water partition coefficient (Wildman–Crippen LogP) is 1.79. The van der Waals surface area contributed by atoms with Crippen LogP contribution in [0.3, 0.4) is 0 Å². The minimum absolute atomic E-state index is 0.0253. The smallest absolute Gasteiger partial charge is 0.120 e. The summed E-state index contributed by atoms with van der Waals surface area (Å²) in [6, 6.07) is 0. The predicted molar refractivity (Wildman–Crippen MR) is 46.2 cm³/mol. The molecule has 1 nitrogen and oxygen atoms in total. The summed E-state index contributed by atoms with van der Waals surface area (Å²) in [4.78, 5) is 10.1. The normalized spacial score (nSPS) is 12.1. The fourth-order valence-electron chi connectivity index (χ4n) is 0.320. The minimum atomic E-state index is -0.0893. The molecule has 0 aliphatic carbocycles. The van der Waals surface area contributed by atoms with Gasteiger partial charge in [-0.1, -0.05) is 13.8 Å². The molecule has 0 saturated heterocycles. The summed E-state index contributed by atoms with van der Waals surface area (Å²) in [7, 11) is 0. The lowest BCUT2D eigenvalue weighted by atomic mass is 9.92. The van der Waals surface area contributed by atoms with Gasteiger partial charge in [0, 0.05) is 11.0 Å². The molecule has 0 unspecified atom stereocenters. The summed E-state index contributed by atoms with van der Waals surface area (Å²) in [6.45, 7) is 3.93. The van der Waals surface area contributed by atoms with Gasteiger partial charge in [-0.15, -0.1) is 0 Å². The summed E-state index contributed by atoms with van der Waals surface area (Å²) < 4.78 is -0.0253. The summed E-state index contributed by atoms with van der Waals surface area (Å²) in [5.41, 5.74) is -0.0893. The van der Waals surface area contributed by atoms with Crippen molar-refractivity contribution in [2.24, 2.45) is 5.41 Å². The van der Waals surface area contributed by atoms with Crippen LogP contribution in [0.4, 0.5) is 0 Å². The summed E-state index contributed by atoms with van der Waals surface area (Å²) >= 11 is 8.24. The van der Waals surface area contributed by atoms with Crippen LogP contribution in [-0.2, 0) is 4.79 Å². The van der Waals surface area contributed by atoms with Crippen molar-refractivity contribution in [3.63, 3.8) is 0 Å². The third-order valence-electron chi connectivity index (χ3n) is 1.31. The zero-order valence-electron chi connectivity index (χ0n) is 5.66. The van der Waals surface area contributed by atoms with Crippen molar-refractivity contribution in [3.8, 4) is 0 Å². The Kier molecular flexibility index (Phi) is 3.66. The molecule has 9 heavy (non-hydrogen) atoms. The first-order valence-electron chi connectivity index (χ1n) is 2.80. The molecular formula is C6H12OS2. The molecule has 0 amide bonds. The van der Waals surface area contributed by atoms with Gasteiger partial charge in [-0.25, -0.2) is 0 Å². The topological polar surface area (TPSA) is 17.1 Å². The first-order valence-corrected chi connectivity index (χ1v) is 3.84. The molecular weight excluding hydrogens is 152 g/mol. The second-order valence-corrected chi connectivity index (χ2v) is 4.17. The van der Waals surface area contributed by atoms with Crippen LogP contribution in [0.25, 0.3) is 0 Å². The molecule has 0 atom stereocenters. The van der Waals surface area contributed by atoms with Crippen molar-refractivity contribution in [3.05, 3.63) is 0 Å². The van der Waals surface area contributed by atoms with Gasteiger partial charge in [0.25, 0.3) is 0 Å². The van der Waals surface area contributed by atoms with E-state index in [-0.39, 0.29) is 10.00 Å². The van der Waals surface area contributed by atoms with E-state index in [0.717, 1.165) is 6.29 Å². The van der Waals surface area contributed by atoms with Crippen LogP contribution < -0.4 is 0 Å². The van der Waals surface area contributed by atoms with Crippen molar-refractivity contribution in [1.82, 2.24) is 0 Å². The first-order chi connectivity index (χ1) is 4.00. The minimum Gasteiger partial charge on any atom is -0.303 e. The highest BCUT2D eigenvalue weighted by Crippen LogP contribution is 2.30. The lowest BCUT2D eigenvalue weighted by Gasteiger charge is -2.24. The average Bonchev–Trinajstić information content (AvgIpc) is 1.65. The van der Waals surface area contributed by atoms with Crippen molar-refractivity contribution in [1.29, 1.82) is 0 Å². The standard InChI is InChI=1S/C6H12OS2/c1-6(2,3-4-7)5(8)9/h4-5,8-9H,3H2,1-2H3. The SMILES string of the molecule is CC(C)(CC=O)C(S)S. The van der Waals surface area contributed by atoms with E-state index in [1.165, 1.54) is 0 Å². The van der Waals surface area contributed by atoms with E-state index in [1.807, 2.05) is 13.8 Å². The van der Waals surface area contributed by atoms with Gasteiger partial charge in [0.2, 0.25) is 0 Å². The molecule has 0 spiro atoms. The Morgan fingerprint density at radius 3 is 2.11 bits per heavy atom. The van der Waals surface area contributed by atoms with Crippen molar-refractivity contribution < 1.29 is 4.79 Å². The molecule has 0 aromatic carbocycles. The number of thiol groups is 2. The number of hydrogen-bond donors (Lipinski definition) is 2. The maximum absolute atomic E-state index is 10.1. The Hall–Kier alpha value is 0.370. The zero-order valence-corrected chi connectivity index (χ0v) is 7.45. The lowest BCUT2D eigenvalue weighted by Crippen LogP contribution is -2.20. The van der Waals surface area contributed by atoms with E-state index in [9.17, 15) is 4.79 Å². The third kappa shape index (κ3) is 3.16. The molecule has 3 heteroatoms. The van der Waals surface area contributed by atoms with E-state index < -0.39 is 0 Å². The molecule has 0 aliphatic heterocycles. The second-order valence-electron chi connectivity index (χ2n) is 2.73. The van der Waals surface area contributed by atoms with Crippen LogP contribution in [0.5, 0.6) is 0 Å². The highest BCUT2D eigenvalue weighted by Gasteiger charge is 2.22. The monoisotopic (exact) mass is 164 g/mol. The largest absolute Gasteiger partial charge is 0.303 e. The Balaban J connectivity index is 3.84. The summed E-state index contributed by atoms with van der Waals surface area (Å²) in [5.74, 6) is 0. The van der Waals surface area contributed by atoms with Gasteiger partial charge >= 0.3 is 0 Å². The van der Waals surface area contributed by atoms with Crippen LogP contribution in [0.2, 0.25) is 0 Å². The number of carbonyl (C=O) groups is 1. The van der Waals surface area contributed by atoms with Crippen LogP contribution in [-0.4, -0.2) is 10.9 Å². The van der Waals surface area contributed by atoms with Crippen molar-refractivity contribution in [2.75, 3.05) is 0 Å². The molecule has 0 bridgehead atoms. The number of carbonyl (C=O) groups excluding carboxylic acids is 1. The molecule has 0 rings (SSSR count). The Morgan fingerprint density at radius 2 is 2.00 bits per heavy atom. The van der Waals surface area contributed by atoms with Crippen molar-refractivity contribution >= 4 is 31.5 Å². The van der Waals surface area contributed by atoms with E-state index in [4.69, 9.17) is 0 Å². The average molecular weight is 164 g/mol. The van der Waals surface area contributed by atoms with Crippen LogP contribution in [0.15, 0.2) is 0 Å². The summed E-state index contributed by atoms with van der Waals surface area (Å²) in [6.07, 6.45) is 1.42. The fourth-order valence-corrected chi connectivity index (χ4v) is 0.531. The maximum atomic E-state index is 10.1. The van der Waals surface area contributed by atoms with E-state index in [2.05, 4.69) is 25.3 Å². The van der Waals surface area contributed by atoms with Crippen molar-refractivity contribution in [2.45, 2.75) is 24.9 Å².